The molecule has 0 spiro atoms. The van der Waals surface area contributed by atoms with E-state index in [1.165, 1.54) is 0 Å². The second-order valence-corrected chi connectivity index (χ2v) is 7.91. The highest BCUT2D eigenvalue weighted by Gasteiger charge is 2.36. The molecule has 3 N–H and O–H groups in total. The van der Waals surface area contributed by atoms with Crippen LogP contribution in [0, 0.1) is 0 Å². The van der Waals surface area contributed by atoms with Crippen molar-refractivity contribution >= 4 is 16.8 Å². The van der Waals surface area contributed by atoms with Gasteiger partial charge in [-0.05, 0) is 38.7 Å². The van der Waals surface area contributed by atoms with Crippen LogP contribution in [0.1, 0.15) is 43.1 Å². The minimum Gasteiger partial charge on any atom is -0.348 e. The Hall–Kier alpha value is -2.95. The second kappa shape index (κ2) is 7.71. The van der Waals surface area contributed by atoms with Crippen molar-refractivity contribution in [2.24, 2.45) is 0 Å². The molecule has 30 heavy (non-hydrogen) atoms. The first-order valence-corrected chi connectivity index (χ1v) is 9.68. The molecule has 3 heterocycles. The summed E-state index contributed by atoms with van der Waals surface area (Å²) in [7, 11) is 0. The predicted octanol–water partition coefficient (Wildman–Crippen LogP) is 2.73. The number of carbonyl (C=O) groups is 1. The number of aromatic nitrogens is 5. The molecule has 1 amide bonds. The van der Waals surface area contributed by atoms with Gasteiger partial charge in [-0.1, -0.05) is 0 Å². The zero-order valence-corrected chi connectivity index (χ0v) is 16.3. The Bertz CT molecular complexity index is 1020. The number of aromatic amines is 1. The van der Waals surface area contributed by atoms with Gasteiger partial charge >= 0.3 is 6.18 Å². The number of alkyl halides is 3. The maximum atomic E-state index is 13.0. The van der Waals surface area contributed by atoms with Crippen LogP contribution < -0.4 is 10.6 Å². The number of hydrogen-bond donors (Lipinski definition) is 3. The SMILES string of the molecule is CC1(NCC(F)(F)F)CCC(NC(=O)c2nc(-n3ccnc3)cc3cn[nH]c23)CC1. The lowest BCUT2D eigenvalue weighted by molar-refractivity contribution is -0.129. The van der Waals surface area contributed by atoms with Crippen LogP contribution in [0.2, 0.25) is 0 Å². The van der Waals surface area contributed by atoms with Crippen LogP contribution in [0.25, 0.3) is 16.7 Å². The van der Waals surface area contributed by atoms with Crippen LogP contribution in [0.3, 0.4) is 0 Å². The zero-order chi connectivity index (χ0) is 21.4. The number of amides is 1. The molecule has 0 saturated heterocycles. The first-order valence-electron chi connectivity index (χ1n) is 9.68. The topological polar surface area (TPSA) is 101 Å². The van der Waals surface area contributed by atoms with Crippen molar-refractivity contribution < 1.29 is 18.0 Å². The number of nitrogens with zero attached hydrogens (tertiary/aromatic N) is 4. The van der Waals surface area contributed by atoms with Gasteiger partial charge in [0.25, 0.3) is 5.91 Å². The van der Waals surface area contributed by atoms with Gasteiger partial charge in [0.05, 0.1) is 18.3 Å². The fraction of sp³-hybridized carbons (Fsp3) is 0.474. The van der Waals surface area contributed by atoms with Crippen molar-refractivity contribution in [3.63, 3.8) is 0 Å². The van der Waals surface area contributed by atoms with Gasteiger partial charge in [0.2, 0.25) is 0 Å². The molecule has 160 valence electrons. The van der Waals surface area contributed by atoms with Crippen LogP contribution in [-0.2, 0) is 0 Å². The van der Waals surface area contributed by atoms with Crippen molar-refractivity contribution in [3.05, 3.63) is 36.7 Å². The molecule has 3 aromatic rings. The number of pyridine rings is 1. The zero-order valence-electron chi connectivity index (χ0n) is 16.3. The van der Waals surface area contributed by atoms with E-state index in [1.807, 2.05) is 0 Å². The van der Waals surface area contributed by atoms with E-state index in [2.05, 4.69) is 30.8 Å². The summed E-state index contributed by atoms with van der Waals surface area (Å²) in [6.45, 7) is 0.782. The number of imidazole rings is 1. The molecule has 11 heteroatoms. The van der Waals surface area contributed by atoms with Crippen LogP contribution in [0.5, 0.6) is 0 Å². The summed E-state index contributed by atoms with van der Waals surface area (Å²) < 4.78 is 39.2. The van der Waals surface area contributed by atoms with Crippen molar-refractivity contribution in [3.8, 4) is 5.82 Å². The standard InChI is InChI=1S/C19H22F3N7O/c1-18(24-10-19(20,21)22)4-2-13(3-5-18)26-17(30)16-15-12(9-25-28-15)8-14(27-16)29-7-6-23-11-29/h6-9,11,13,24H,2-5,10H2,1H3,(H,25,28)(H,26,30). The van der Waals surface area contributed by atoms with Gasteiger partial charge < -0.3 is 10.6 Å². The molecule has 4 rings (SSSR count). The Morgan fingerprint density at radius 3 is 2.80 bits per heavy atom. The van der Waals surface area contributed by atoms with Crippen LogP contribution >= 0.6 is 0 Å². The summed E-state index contributed by atoms with van der Waals surface area (Å²) in [6.07, 6.45) is 4.55. The molecule has 0 radical (unpaired) electrons. The number of rotatable bonds is 5. The first kappa shape index (κ1) is 20.3. The average molecular weight is 421 g/mol. The molecule has 0 bridgehead atoms. The summed E-state index contributed by atoms with van der Waals surface area (Å²) in [5.41, 5.74) is 0.161. The van der Waals surface area contributed by atoms with E-state index in [9.17, 15) is 18.0 Å². The van der Waals surface area contributed by atoms with Gasteiger partial charge in [0.1, 0.15) is 12.1 Å². The van der Waals surface area contributed by atoms with E-state index in [4.69, 9.17) is 0 Å². The lowest BCUT2D eigenvalue weighted by Crippen LogP contribution is -2.51. The minimum atomic E-state index is -4.24. The minimum absolute atomic E-state index is 0.130. The highest BCUT2D eigenvalue weighted by Crippen LogP contribution is 2.29. The molecule has 0 atom stereocenters. The Labute approximate surface area is 170 Å². The molecule has 0 aliphatic heterocycles. The van der Waals surface area contributed by atoms with Crippen molar-refractivity contribution in [1.29, 1.82) is 0 Å². The molecule has 1 saturated carbocycles. The lowest BCUT2D eigenvalue weighted by Gasteiger charge is -2.38. The predicted molar refractivity (Wildman–Crippen MR) is 103 cm³/mol. The Kier molecular flexibility index (Phi) is 5.22. The van der Waals surface area contributed by atoms with Gasteiger partial charge in [-0.15, -0.1) is 0 Å². The maximum absolute atomic E-state index is 13.0. The first-order chi connectivity index (χ1) is 14.2. The Balaban J connectivity index is 1.45. The smallest absolute Gasteiger partial charge is 0.348 e. The van der Waals surface area contributed by atoms with Gasteiger partial charge in [0, 0.05) is 29.4 Å². The van der Waals surface area contributed by atoms with E-state index in [-0.39, 0.29) is 17.6 Å². The van der Waals surface area contributed by atoms with Gasteiger partial charge in [-0.2, -0.15) is 18.3 Å². The molecule has 1 aliphatic carbocycles. The molecule has 3 aromatic heterocycles. The average Bonchev–Trinajstić information content (AvgIpc) is 3.39. The largest absolute Gasteiger partial charge is 0.401 e. The fourth-order valence-electron chi connectivity index (χ4n) is 3.77. The van der Waals surface area contributed by atoms with E-state index < -0.39 is 18.3 Å². The van der Waals surface area contributed by atoms with Gasteiger partial charge in [0.15, 0.2) is 5.69 Å². The highest BCUT2D eigenvalue weighted by atomic mass is 19.4. The van der Waals surface area contributed by atoms with Gasteiger partial charge in [-0.25, -0.2) is 9.97 Å². The summed E-state index contributed by atoms with van der Waals surface area (Å²) >= 11 is 0. The fourth-order valence-corrected chi connectivity index (χ4v) is 3.77. The van der Waals surface area contributed by atoms with Crippen molar-refractivity contribution in [2.75, 3.05) is 6.54 Å². The summed E-state index contributed by atoms with van der Waals surface area (Å²) in [5, 5.41) is 13.1. The number of hydrogen-bond acceptors (Lipinski definition) is 5. The number of carbonyl (C=O) groups excluding carboxylic acids is 1. The number of fused-ring (bicyclic) bond motifs is 1. The lowest BCUT2D eigenvalue weighted by atomic mass is 9.80. The highest BCUT2D eigenvalue weighted by molar-refractivity contribution is 6.04. The maximum Gasteiger partial charge on any atom is 0.401 e. The molecule has 1 aliphatic rings. The third-order valence-electron chi connectivity index (χ3n) is 5.54. The van der Waals surface area contributed by atoms with Crippen LogP contribution in [0.4, 0.5) is 13.2 Å². The van der Waals surface area contributed by atoms with Gasteiger partial charge in [-0.3, -0.25) is 14.5 Å². The van der Waals surface area contributed by atoms with E-state index in [0.717, 1.165) is 5.39 Å². The van der Waals surface area contributed by atoms with Crippen molar-refractivity contribution in [2.45, 2.75) is 50.4 Å². The van der Waals surface area contributed by atoms with Crippen LogP contribution in [-0.4, -0.2) is 54.9 Å². The molecule has 1 fully saturated rings. The molecule has 0 unspecified atom stereocenters. The van der Waals surface area contributed by atoms with E-state index in [0.29, 0.717) is 37.0 Å². The molecular formula is C19H22F3N7O. The summed E-state index contributed by atoms with van der Waals surface area (Å²) in [4.78, 5) is 21.4. The number of nitrogens with one attached hydrogen (secondary N) is 3. The quantitative estimate of drug-likeness (QED) is 0.588. The van der Waals surface area contributed by atoms with E-state index >= 15 is 0 Å². The second-order valence-electron chi connectivity index (χ2n) is 7.91. The monoisotopic (exact) mass is 421 g/mol. The molecule has 8 nitrogen and oxygen atoms in total. The molecular weight excluding hydrogens is 399 g/mol. The summed E-state index contributed by atoms with van der Waals surface area (Å²) in [5.74, 6) is 0.196. The normalized spacial score (nSPS) is 22.3. The van der Waals surface area contributed by atoms with Crippen LogP contribution in [0.15, 0.2) is 31.0 Å². The van der Waals surface area contributed by atoms with E-state index in [1.54, 1.807) is 42.5 Å². The number of halogens is 3. The van der Waals surface area contributed by atoms with Crippen molar-refractivity contribution in [1.82, 2.24) is 35.4 Å². The third-order valence-corrected chi connectivity index (χ3v) is 5.54. The summed E-state index contributed by atoms with van der Waals surface area (Å²) in [6, 6.07) is 1.67. The molecule has 0 aromatic carbocycles. The third kappa shape index (κ3) is 4.45. The Morgan fingerprint density at radius 1 is 1.37 bits per heavy atom. The Morgan fingerprint density at radius 2 is 2.13 bits per heavy atom. The number of H-pyrrole nitrogens is 1.